The lowest BCUT2D eigenvalue weighted by atomic mass is 9.83. The molecule has 0 radical (unpaired) electrons. The molecule has 0 aromatic carbocycles. The summed E-state index contributed by atoms with van der Waals surface area (Å²) in [6, 6.07) is -3.39. The van der Waals surface area contributed by atoms with Gasteiger partial charge in [0.1, 0.15) is 17.8 Å². The fraction of sp³-hybridized carbons (Fsp3) is 0.639. The number of rotatable bonds is 15. The Balaban J connectivity index is 1.46. The molecule has 6 N–H and O–H groups in total. The molecular weight excluding hydrogens is 676 g/mol. The molecule has 2 aliphatic heterocycles. The number of allylic oxidation sites excluding steroid dienone is 5. The van der Waals surface area contributed by atoms with Gasteiger partial charge in [-0.1, -0.05) is 70.8 Å². The second-order valence-electron chi connectivity index (χ2n) is 14.0. The van der Waals surface area contributed by atoms with Crippen LogP contribution in [0.3, 0.4) is 0 Å². The number of Topliss-reactive ketones (excluding diaryl/α,β-unsaturated/α-hetero) is 1. The van der Waals surface area contributed by atoms with Crippen LogP contribution in [0.15, 0.2) is 35.6 Å². The number of nitrogens with one attached hydrogen (secondary N) is 4. The lowest BCUT2D eigenvalue weighted by Crippen LogP contribution is -2.58. The predicted octanol–water partition coefficient (Wildman–Crippen LogP) is 1.00. The number of nitrogens with two attached hydrogens (primary N) is 1. The molecule has 16 nitrogen and oxygen atoms in total. The highest BCUT2D eigenvalue weighted by atomic mass is 16.7. The quantitative estimate of drug-likeness (QED) is 0.119. The van der Waals surface area contributed by atoms with Gasteiger partial charge in [0.25, 0.3) is 11.8 Å². The highest BCUT2D eigenvalue weighted by Crippen LogP contribution is 2.37. The van der Waals surface area contributed by atoms with Crippen molar-refractivity contribution in [3.63, 3.8) is 0 Å². The van der Waals surface area contributed by atoms with Crippen LogP contribution < -0.4 is 27.0 Å². The molecule has 1 spiro atoms. The van der Waals surface area contributed by atoms with E-state index in [-0.39, 0.29) is 56.7 Å². The van der Waals surface area contributed by atoms with Crippen molar-refractivity contribution in [2.45, 2.75) is 102 Å². The van der Waals surface area contributed by atoms with E-state index in [9.17, 15) is 33.6 Å². The third-order valence-corrected chi connectivity index (χ3v) is 9.46. The van der Waals surface area contributed by atoms with Gasteiger partial charge >= 0.3 is 6.09 Å². The number of hydrogen-bond donors (Lipinski definition) is 5. The first-order valence-electron chi connectivity index (χ1n) is 18.1. The highest BCUT2D eigenvalue weighted by molar-refractivity contribution is 6.38. The van der Waals surface area contributed by atoms with E-state index in [2.05, 4.69) is 21.3 Å². The number of carbonyl (C=O) groups is 7. The van der Waals surface area contributed by atoms with E-state index in [1.807, 2.05) is 13.8 Å². The fourth-order valence-corrected chi connectivity index (χ4v) is 6.86. The van der Waals surface area contributed by atoms with Crippen LogP contribution in [0.4, 0.5) is 4.79 Å². The molecule has 52 heavy (non-hydrogen) atoms. The molecule has 3 atom stereocenters. The van der Waals surface area contributed by atoms with Crippen molar-refractivity contribution in [2.24, 2.45) is 17.6 Å². The lowest BCUT2D eigenvalue weighted by molar-refractivity contribution is -0.154. The van der Waals surface area contributed by atoms with Crippen molar-refractivity contribution in [2.75, 3.05) is 32.9 Å². The molecule has 0 aromatic rings. The maximum atomic E-state index is 14.4. The molecule has 0 aromatic heterocycles. The minimum atomic E-state index is -1.28. The van der Waals surface area contributed by atoms with Crippen molar-refractivity contribution < 1.29 is 47.8 Å². The molecule has 4 aliphatic rings. The van der Waals surface area contributed by atoms with Gasteiger partial charge < -0.3 is 46.1 Å². The molecular formula is C36H52N6O10. The summed E-state index contributed by atoms with van der Waals surface area (Å²) < 4.78 is 17.1. The van der Waals surface area contributed by atoms with Crippen LogP contribution in [0.2, 0.25) is 0 Å². The van der Waals surface area contributed by atoms with Crippen molar-refractivity contribution in [3.05, 3.63) is 35.6 Å². The van der Waals surface area contributed by atoms with E-state index < -0.39 is 71.9 Å². The number of ketones is 1. The van der Waals surface area contributed by atoms with Gasteiger partial charge in [-0.05, 0) is 43.1 Å². The Morgan fingerprint density at radius 3 is 2.35 bits per heavy atom. The van der Waals surface area contributed by atoms with Crippen LogP contribution in [0.25, 0.3) is 0 Å². The monoisotopic (exact) mass is 728 g/mol. The predicted molar refractivity (Wildman–Crippen MR) is 187 cm³/mol. The molecule has 2 saturated heterocycles. The van der Waals surface area contributed by atoms with Crippen molar-refractivity contribution in [1.82, 2.24) is 26.2 Å². The topological polar surface area (TPSA) is 225 Å². The lowest BCUT2D eigenvalue weighted by Gasteiger charge is -2.34. The standard InChI is InChI=1S/C36H52N6O10/c1-4-11-25(30(44)33(47)38-19-27(43)40-28(31(37)45)23-12-7-5-8-13-23)39-32(46)26-18-36(51-16-17-52-36)21-42(26)34(48)29(24-14-9-6-10-15-24)41-35(49)50-20-22(2)3/h5,7-8,12,22,24-26,29H,4,6,9-11,13-21H2,1-3H3,(H2,37,45)(H,38,47)(H,39,46)(H,40,43)(H,41,49)/t25?,26-,29-/m0/s1. The van der Waals surface area contributed by atoms with E-state index in [1.54, 1.807) is 31.2 Å². The fourth-order valence-electron chi connectivity index (χ4n) is 6.86. The number of ether oxygens (including phenoxy) is 3. The van der Waals surface area contributed by atoms with Gasteiger partial charge in [0.15, 0.2) is 5.79 Å². The second kappa shape index (κ2) is 18.8. The van der Waals surface area contributed by atoms with Crippen LogP contribution in [-0.4, -0.2) is 103 Å². The second-order valence-corrected chi connectivity index (χ2v) is 14.0. The zero-order valence-electron chi connectivity index (χ0n) is 30.2. The van der Waals surface area contributed by atoms with Gasteiger partial charge in [0.05, 0.1) is 39.0 Å². The van der Waals surface area contributed by atoms with E-state index >= 15 is 0 Å². The first kappa shape index (κ1) is 40.2. The normalized spacial score (nSPS) is 21.7. The van der Waals surface area contributed by atoms with Crippen LogP contribution in [0.1, 0.15) is 78.6 Å². The summed E-state index contributed by atoms with van der Waals surface area (Å²) in [6.07, 6.45) is 11.2. The smallest absolute Gasteiger partial charge is 0.407 e. The minimum absolute atomic E-state index is 0.0260. The average Bonchev–Trinajstić information content (AvgIpc) is 3.77. The minimum Gasteiger partial charge on any atom is -0.449 e. The Labute approximate surface area is 303 Å². The number of hydrogen-bond acceptors (Lipinski definition) is 10. The van der Waals surface area contributed by atoms with Crippen molar-refractivity contribution in [3.8, 4) is 0 Å². The third-order valence-electron chi connectivity index (χ3n) is 9.46. The van der Waals surface area contributed by atoms with Crippen molar-refractivity contribution in [1.29, 1.82) is 0 Å². The Morgan fingerprint density at radius 1 is 1.02 bits per heavy atom. The number of primary amides is 1. The molecule has 4 rings (SSSR count). The molecule has 6 amide bonds. The Bertz CT molecular complexity index is 1460. The van der Waals surface area contributed by atoms with E-state index in [1.165, 1.54) is 4.90 Å². The molecule has 1 saturated carbocycles. The molecule has 2 heterocycles. The summed E-state index contributed by atoms with van der Waals surface area (Å²) in [6.45, 7) is 5.55. The summed E-state index contributed by atoms with van der Waals surface area (Å²) in [5, 5.41) is 10.1. The summed E-state index contributed by atoms with van der Waals surface area (Å²) >= 11 is 0. The molecule has 3 fully saturated rings. The van der Waals surface area contributed by atoms with Crippen LogP contribution >= 0.6 is 0 Å². The van der Waals surface area contributed by atoms with Gasteiger partial charge in [-0.15, -0.1) is 0 Å². The maximum Gasteiger partial charge on any atom is 0.407 e. The van der Waals surface area contributed by atoms with Crippen molar-refractivity contribution >= 4 is 41.4 Å². The van der Waals surface area contributed by atoms with Gasteiger partial charge in [-0.25, -0.2) is 4.79 Å². The third kappa shape index (κ3) is 10.7. The van der Waals surface area contributed by atoms with Gasteiger partial charge in [-0.3, -0.25) is 28.8 Å². The zero-order valence-corrected chi connectivity index (χ0v) is 30.2. The Morgan fingerprint density at radius 2 is 1.73 bits per heavy atom. The molecule has 1 unspecified atom stereocenters. The van der Waals surface area contributed by atoms with E-state index in [0.29, 0.717) is 31.3 Å². The summed E-state index contributed by atoms with van der Waals surface area (Å²) in [7, 11) is 0. The molecule has 2 aliphatic carbocycles. The SMILES string of the molecule is CCCC(NC(=O)[C@@H]1CC2(CN1C(=O)[C@@H](NC(=O)OCC(C)C)C1CCCCC1)OCCO2)C(=O)C(=O)NCC(=O)NC(C(N)=O)=C1C=CC=CC1. The van der Waals surface area contributed by atoms with Gasteiger partial charge in [-0.2, -0.15) is 0 Å². The number of alkyl carbamates (subject to hydrolysis) is 1. The Hall–Kier alpha value is -4.57. The maximum absolute atomic E-state index is 14.4. The number of carbonyl (C=O) groups excluding carboxylic acids is 7. The first-order valence-corrected chi connectivity index (χ1v) is 18.1. The summed E-state index contributed by atoms with van der Waals surface area (Å²) in [5.74, 6) is -6.28. The molecule has 0 bridgehead atoms. The largest absolute Gasteiger partial charge is 0.449 e. The van der Waals surface area contributed by atoms with Crippen LogP contribution in [0, 0.1) is 11.8 Å². The van der Waals surface area contributed by atoms with Crippen LogP contribution in [0.5, 0.6) is 0 Å². The van der Waals surface area contributed by atoms with Gasteiger partial charge in [0.2, 0.25) is 23.5 Å². The zero-order chi connectivity index (χ0) is 37.8. The molecule has 16 heteroatoms. The Kier molecular flexibility index (Phi) is 14.5. The summed E-state index contributed by atoms with van der Waals surface area (Å²) in [5.41, 5.74) is 5.80. The average molecular weight is 729 g/mol. The van der Waals surface area contributed by atoms with Gasteiger partial charge in [0, 0.05) is 6.42 Å². The summed E-state index contributed by atoms with van der Waals surface area (Å²) in [4.78, 5) is 93.4. The number of likely N-dealkylation sites (tertiary alicyclic amines) is 1. The van der Waals surface area contributed by atoms with Crippen LogP contribution in [-0.2, 0) is 43.0 Å². The number of amides is 6. The highest BCUT2D eigenvalue weighted by Gasteiger charge is 2.54. The van der Waals surface area contributed by atoms with E-state index in [4.69, 9.17) is 19.9 Å². The number of nitrogens with zero attached hydrogens (tertiary/aromatic N) is 1. The van der Waals surface area contributed by atoms with E-state index in [0.717, 1.165) is 19.3 Å². The molecule has 286 valence electrons. The first-order chi connectivity index (χ1) is 24.8.